The standard InChI is InChI=1S/C18H24N4O2/c1-12(8-16-13(2)20-21(4)14(16)3)17(23)22-10-18(24,11-22)15-6-5-7-19-9-15/h5-7,9,12,24H,8,10-11H2,1-4H3. The Balaban J connectivity index is 1.64. The van der Waals surface area contributed by atoms with Crippen molar-refractivity contribution in [2.75, 3.05) is 13.1 Å². The largest absolute Gasteiger partial charge is 0.381 e. The first-order valence-corrected chi connectivity index (χ1v) is 8.22. The van der Waals surface area contributed by atoms with Crippen LogP contribution in [0.5, 0.6) is 0 Å². The summed E-state index contributed by atoms with van der Waals surface area (Å²) in [5.41, 5.74) is 3.01. The molecule has 6 nitrogen and oxygen atoms in total. The molecule has 128 valence electrons. The third-order valence-electron chi connectivity index (χ3n) is 5.01. The fourth-order valence-electron chi connectivity index (χ4n) is 3.38. The smallest absolute Gasteiger partial charge is 0.225 e. The Labute approximate surface area is 142 Å². The number of rotatable bonds is 4. The van der Waals surface area contributed by atoms with Crippen molar-refractivity contribution in [1.82, 2.24) is 19.7 Å². The van der Waals surface area contributed by atoms with Crippen molar-refractivity contribution in [2.45, 2.75) is 32.8 Å². The second-order valence-electron chi connectivity index (χ2n) is 6.85. The maximum atomic E-state index is 12.7. The van der Waals surface area contributed by atoms with Crippen molar-refractivity contribution in [1.29, 1.82) is 0 Å². The van der Waals surface area contributed by atoms with Crippen LogP contribution >= 0.6 is 0 Å². The molecule has 1 aliphatic heterocycles. The minimum absolute atomic E-state index is 0.0752. The van der Waals surface area contributed by atoms with Crippen LogP contribution in [-0.4, -0.2) is 43.8 Å². The molecular weight excluding hydrogens is 304 g/mol. The lowest BCUT2D eigenvalue weighted by Crippen LogP contribution is -2.62. The van der Waals surface area contributed by atoms with E-state index in [9.17, 15) is 9.90 Å². The number of hydrogen-bond acceptors (Lipinski definition) is 4. The third-order valence-corrected chi connectivity index (χ3v) is 5.01. The Bertz CT molecular complexity index is 748. The topological polar surface area (TPSA) is 71.2 Å². The number of aliphatic hydroxyl groups is 1. The molecule has 6 heteroatoms. The summed E-state index contributed by atoms with van der Waals surface area (Å²) >= 11 is 0. The molecule has 0 spiro atoms. The molecule has 1 atom stereocenters. The lowest BCUT2D eigenvalue weighted by molar-refractivity contribution is -0.161. The van der Waals surface area contributed by atoms with Crippen molar-refractivity contribution in [2.24, 2.45) is 13.0 Å². The number of pyridine rings is 1. The molecule has 1 amide bonds. The van der Waals surface area contributed by atoms with E-state index in [0.29, 0.717) is 19.5 Å². The van der Waals surface area contributed by atoms with E-state index in [1.54, 1.807) is 23.4 Å². The molecule has 1 N–H and O–H groups in total. The van der Waals surface area contributed by atoms with Crippen LogP contribution < -0.4 is 0 Å². The molecule has 24 heavy (non-hydrogen) atoms. The van der Waals surface area contributed by atoms with E-state index >= 15 is 0 Å². The molecular formula is C18H24N4O2. The van der Waals surface area contributed by atoms with Gasteiger partial charge < -0.3 is 10.0 Å². The molecule has 1 fully saturated rings. The average Bonchev–Trinajstić information content (AvgIpc) is 2.78. The van der Waals surface area contributed by atoms with Crippen molar-refractivity contribution in [3.05, 3.63) is 47.0 Å². The van der Waals surface area contributed by atoms with Crippen molar-refractivity contribution < 1.29 is 9.90 Å². The van der Waals surface area contributed by atoms with Gasteiger partial charge in [0.15, 0.2) is 0 Å². The van der Waals surface area contributed by atoms with Crippen LogP contribution in [0.15, 0.2) is 24.5 Å². The number of aromatic nitrogens is 3. The molecule has 0 aromatic carbocycles. The van der Waals surface area contributed by atoms with Crippen LogP contribution in [0.3, 0.4) is 0 Å². The van der Waals surface area contributed by atoms with Gasteiger partial charge >= 0.3 is 0 Å². The van der Waals surface area contributed by atoms with Gasteiger partial charge in [0.05, 0.1) is 18.8 Å². The molecule has 3 heterocycles. The predicted molar refractivity (Wildman–Crippen MR) is 90.3 cm³/mol. The van der Waals surface area contributed by atoms with Crippen LogP contribution in [0.25, 0.3) is 0 Å². The van der Waals surface area contributed by atoms with E-state index in [4.69, 9.17) is 0 Å². The molecule has 3 rings (SSSR count). The number of likely N-dealkylation sites (tertiary alicyclic amines) is 1. The number of aryl methyl sites for hydroxylation is 2. The zero-order chi connectivity index (χ0) is 17.5. The Morgan fingerprint density at radius 1 is 1.42 bits per heavy atom. The van der Waals surface area contributed by atoms with Gasteiger partial charge in [-0.05, 0) is 31.9 Å². The zero-order valence-corrected chi connectivity index (χ0v) is 14.7. The van der Waals surface area contributed by atoms with Gasteiger partial charge in [-0.3, -0.25) is 14.5 Å². The van der Waals surface area contributed by atoms with Crippen LogP contribution in [0.4, 0.5) is 0 Å². The molecule has 1 aliphatic rings. The second kappa shape index (κ2) is 6.02. The van der Waals surface area contributed by atoms with Gasteiger partial charge in [0.1, 0.15) is 5.60 Å². The molecule has 0 aliphatic carbocycles. The fourth-order valence-corrected chi connectivity index (χ4v) is 3.38. The normalized spacial score (nSPS) is 17.5. The Hall–Kier alpha value is -2.21. The molecule has 0 saturated carbocycles. The number of β-amino-alcohol motifs (C(OH)–C–C–N with tert-alkyl or cyclic N) is 1. The van der Waals surface area contributed by atoms with E-state index in [1.165, 1.54) is 0 Å². The van der Waals surface area contributed by atoms with Gasteiger partial charge in [0.25, 0.3) is 0 Å². The van der Waals surface area contributed by atoms with E-state index < -0.39 is 5.60 Å². The zero-order valence-electron chi connectivity index (χ0n) is 14.7. The molecule has 0 radical (unpaired) electrons. The summed E-state index contributed by atoms with van der Waals surface area (Å²) in [6, 6.07) is 3.65. The van der Waals surface area contributed by atoms with Crippen molar-refractivity contribution >= 4 is 5.91 Å². The van der Waals surface area contributed by atoms with Gasteiger partial charge in [-0.25, -0.2) is 0 Å². The predicted octanol–water partition coefficient (Wildman–Crippen LogP) is 1.34. The number of carbonyl (C=O) groups excluding carboxylic acids is 1. The highest BCUT2D eigenvalue weighted by atomic mass is 16.3. The lowest BCUT2D eigenvalue weighted by atomic mass is 9.85. The third kappa shape index (κ3) is 2.82. The van der Waals surface area contributed by atoms with Gasteiger partial charge in [-0.15, -0.1) is 0 Å². The summed E-state index contributed by atoms with van der Waals surface area (Å²) in [6.45, 7) is 6.59. The minimum Gasteiger partial charge on any atom is -0.381 e. The highest BCUT2D eigenvalue weighted by Gasteiger charge is 2.45. The van der Waals surface area contributed by atoms with E-state index in [0.717, 1.165) is 22.5 Å². The Kier molecular flexibility index (Phi) is 4.17. The summed E-state index contributed by atoms with van der Waals surface area (Å²) in [5.74, 6) is -0.0590. The summed E-state index contributed by atoms with van der Waals surface area (Å²) in [4.78, 5) is 18.4. The summed E-state index contributed by atoms with van der Waals surface area (Å²) in [6.07, 6.45) is 4.01. The molecule has 2 aromatic rings. The first kappa shape index (κ1) is 16.6. The molecule has 0 bridgehead atoms. The van der Waals surface area contributed by atoms with Crippen LogP contribution in [-0.2, 0) is 23.9 Å². The summed E-state index contributed by atoms with van der Waals surface area (Å²) in [7, 11) is 1.92. The van der Waals surface area contributed by atoms with Crippen LogP contribution in [0.1, 0.15) is 29.4 Å². The van der Waals surface area contributed by atoms with Crippen LogP contribution in [0, 0.1) is 19.8 Å². The maximum absolute atomic E-state index is 12.7. The first-order valence-electron chi connectivity index (χ1n) is 8.22. The lowest BCUT2D eigenvalue weighted by Gasteiger charge is -2.47. The van der Waals surface area contributed by atoms with Gasteiger partial charge in [-0.1, -0.05) is 13.0 Å². The molecule has 2 aromatic heterocycles. The first-order chi connectivity index (χ1) is 11.3. The number of amides is 1. The second-order valence-corrected chi connectivity index (χ2v) is 6.85. The van der Waals surface area contributed by atoms with Crippen molar-refractivity contribution in [3.8, 4) is 0 Å². The van der Waals surface area contributed by atoms with Gasteiger partial charge in [0.2, 0.25) is 5.91 Å². The minimum atomic E-state index is -0.968. The Morgan fingerprint density at radius 3 is 2.67 bits per heavy atom. The highest BCUT2D eigenvalue weighted by Crippen LogP contribution is 2.32. The van der Waals surface area contributed by atoms with Crippen molar-refractivity contribution in [3.63, 3.8) is 0 Å². The SMILES string of the molecule is Cc1nn(C)c(C)c1CC(C)C(=O)N1CC(O)(c2cccnc2)C1. The quantitative estimate of drug-likeness (QED) is 0.919. The number of hydrogen-bond donors (Lipinski definition) is 1. The van der Waals surface area contributed by atoms with Gasteiger partial charge in [-0.2, -0.15) is 5.10 Å². The van der Waals surface area contributed by atoms with Crippen LogP contribution in [0.2, 0.25) is 0 Å². The number of carbonyl (C=O) groups is 1. The summed E-state index contributed by atoms with van der Waals surface area (Å²) in [5, 5.41) is 15.0. The Morgan fingerprint density at radius 2 is 2.12 bits per heavy atom. The van der Waals surface area contributed by atoms with Gasteiger partial charge in [0, 0.05) is 36.6 Å². The average molecular weight is 328 g/mol. The van der Waals surface area contributed by atoms with E-state index in [1.807, 2.05) is 38.6 Å². The fraction of sp³-hybridized carbons (Fsp3) is 0.500. The monoisotopic (exact) mass is 328 g/mol. The highest BCUT2D eigenvalue weighted by molar-refractivity contribution is 5.80. The van der Waals surface area contributed by atoms with E-state index in [2.05, 4.69) is 10.1 Å². The maximum Gasteiger partial charge on any atom is 0.225 e. The molecule has 1 saturated heterocycles. The summed E-state index contributed by atoms with van der Waals surface area (Å²) < 4.78 is 1.85. The van der Waals surface area contributed by atoms with E-state index in [-0.39, 0.29) is 11.8 Å². The molecule has 1 unspecified atom stereocenters. The number of nitrogens with zero attached hydrogens (tertiary/aromatic N) is 4.